The average Bonchev–Trinajstić information content (AvgIpc) is 2.98. The van der Waals surface area contributed by atoms with Gasteiger partial charge in [0.05, 0.1) is 0 Å². The first kappa shape index (κ1) is 14.5. The number of aromatic nitrogens is 2. The minimum atomic E-state index is 0.389. The highest BCUT2D eigenvalue weighted by molar-refractivity contribution is 6.30. The fourth-order valence-corrected chi connectivity index (χ4v) is 3.17. The van der Waals surface area contributed by atoms with Gasteiger partial charge in [-0.15, -0.1) is 0 Å². The second kappa shape index (κ2) is 6.58. The standard InChI is InChI=1S/C16H20ClN3O/c1-2-18-14-8-6-11(7-9-14)16-19-15(20-21-16)12-4-3-5-13(17)10-12/h3-5,10-11,14,18H,2,6-9H2,1H3. The molecule has 21 heavy (non-hydrogen) atoms. The van der Waals surface area contributed by atoms with Gasteiger partial charge in [-0.2, -0.15) is 4.98 Å². The molecule has 1 heterocycles. The summed E-state index contributed by atoms with van der Waals surface area (Å²) < 4.78 is 5.47. The second-order valence-corrected chi connectivity index (χ2v) is 6.01. The number of hydrogen-bond donors (Lipinski definition) is 1. The molecule has 0 saturated heterocycles. The minimum absolute atomic E-state index is 0.389. The summed E-state index contributed by atoms with van der Waals surface area (Å²) in [6, 6.07) is 8.19. The average molecular weight is 306 g/mol. The van der Waals surface area contributed by atoms with Crippen LogP contribution in [-0.2, 0) is 0 Å². The molecule has 0 amide bonds. The van der Waals surface area contributed by atoms with Crippen LogP contribution < -0.4 is 5.32 Å². The molecule has 0 spiro atoms. The van der Waals surface area contributed by atoms with Gasteiger partial charge in [-0.05, 0) is 44.4 Å². The zero-order valence-corrected chi connectivity index (χ0v) is 12.9. The first-order valence-corrected chi connectivity index (χ1v) is 7.97. The van der Waals surface area contributed by atoms with Gasteiger partial charge in [-0.3, -0.25) is 0 Å². The SMILES string of the molecule is CCNC1CCC(c2nc(-c3cccc(Cl)c3)no2)CC1. The highest BCUT2D eigenvalue weighted by Gasteiger charge is 2.26. The molecule has 2 aromatic rings. The molecule has 1 N–H and O–H groups in total. The predicted molar refractivity (Wildman–Crippen MR) is 83.4 cm³/mol. The Hall–Kier alpha value is -1.39. The highest BCUT2D eigenvalue weighted by atomic mass is 35.5. The van der Waals surface area contributed by atoms with Crippen LogP contribution in [0.2, 0.25) is 5.02 Å². The normalized spacial score (nSPS) is 22.4. The number of nitrogens with zero attached hydrogens (tertiary/aromatic N) is 2. The molecule has 1 saturated carbocycles. The molecule has 0 aliphatic heterocycles. The lowest BCUT2D eigenvalue weighted by Gasteiger charge is -2.26. The molecule has 0 atom stereocenters. The second-order valence-electron chi connectivity index (χ2n) is 5.57. The molecule has 5 heteroatoms. The summed E-state index contributed by atoms with van der Waals surface area (Å²) in [6.07, 6.45) is 4.56. The van der Waals surface area contributed by atoms with Crippen molar-refractivity contribution < 1.29 is 4.52 Å². The van der Waals surface area contributed by atoms with Crippen molar-refractivity contribution in [3.05, 3.63) is 35.2 Å². The van der Waals surface area contributed by atoms with E-state index in [9.17, 15) is 0 Å². The Labute approximate surface area is 129 Å². The molecule has 1 aliphatic carbocycles. The molecular weight excluding hydrogens is 286 g/mol. The Balaban J connectivity index is 1.68. The van der Waals surface area contributed by atoms with E-state index in [1.807, 2.05) is 24.3 Å². The molecule has 0 radical (unpaired) electrons. The van der Waals surface area contributed by atoms with E-state index in [-0.39, 0.29) is 0 Å². The van der Waals surface area contributed by atoms with Crippen LogP contribution in [-0.4, -0.2) is 22.7 Å². The lowest BCUT2D eigenvalue weighted by molar-refractivity contribution is 0.285. The third-order valence-electron chi connectivity index (χ3n) is 4.09. The molecule has 1 fully saturated rings. The van der Waals surface area contributed by atoms with Gasteiger partial charge in [-0.25, -0.2) is 0 Å². The molecule has 0 unspecified atom stereocenters. The lowest BCUT2D eigenvalue weighted by atomic mass is 9.86. The van der Waals surface area contributed by atoms with E-state index >= 15 is 0 Å². The van der Waals surface area contributed by atoms with Gasteiger partial charge in [0.1, 0.15) is 0 Å². The third-order valence-corrected chi connectivity index (χ3v) is 4.33. The Kier molecular flexibility index (Phi) is 4.56. The Morgan fingerprint density at radius 2 is 2.10 bits per heavy atom. The van der Waals surface area contributed by atoms with Crippen molar-refractivity contribution in [1.82, 2.24) is 15.5 Å². The van der Waals surface area contributed by atoms with Crippen LogP contribution in [0.25, 0.3) is 11.4 Å². The molecule has 112 valence electrons. The zero-order valence-electron chi connectivity index (χ0n) is 12.2. The summed E-state index contributed by atoms with van der Waals surface area (Å²) in [7, 11) is 0. The van der Waals surface area contributed by atoms with E-state index in [0.717, 1.165) is 30.8 Å². The largest absolute Gasteiger partial charge is 0.339 e. The molecule has 0 bridgehead atoms. The van der Waals surface area contributed by atoms with Crippen molar-refractivity contribution in [3.8, 4) is 11.4 Å². The lowest BCUT2D eigenvalue weighted by Crippen LogP contribution is -2.32. The van der Waals surface area contributed by atoms with Crippen molar-refractivity contribution in [2.24, 2.45) is 0 Å². The number of nitrogens with one attached hydrogen (secondary N) is 1. The quantitative estimate of drug-likeness (QED) is 0.926. The van der Waals surface area contributed by atoms with Crippen LogP contribution in [0.5, 0.6) is 0 Å². The van der Waals surface area contributed by atoms with Gasteiger partial charge in [0, 0.05) is 22.5 Å². The molecule has 1 aromatic carbocycles. The van der Waals surface area contributed by atoms with E-state index in [2.05, 4.69) is 22.4 Å². The number of hydrogen-bond acceptors (Lipinski definition) is 4. The molecular formula is C16H20ClN3O. The maximum Gasteiger partial charge on any atom is 0.230 e. The number of halogens is 1. The number of rotatable bonds is 4. The third kappa shape index (κ3) is 3.44. The van der Waals surface area contributed by atoms with Gasteiger partial charge in [0.2, 0.25) is 11.7 Å². The maximum absolute atomic E-state index is 6.00. The van der Waals surface area contributed by atoms with Crippen LogP contribution in [0.15, 0.2) is 28.8 Å². The van der Waals surface area contributed by atoms with E-state index < -0.39 is 0 Å². The topological polar surface area (TPSA) is 51.0 Å². The fourth-order valence-electron chi connectivity index (χ4n) is 2.98. The zero-order chi connectivity index (χ0) is 14.7. The number of benzene rings is 1. The first-order valence-electron chi connectivity index (χ1n) is 7.59. The summed E-state index contributed by atoms with van der Waals surface area (Å²) in [5.41, 5.74) is 0.902. The Morgan fingerprint density at radius 3 is 2.81 bits per heavy atom. The summed E-state index contributed by atoms with van der Waals surface area (Å²) in [6.45, 7) is 3.19. The van der Waals surface area contributed by atoms with Crippen LogP contribution in [0, 0.1) is 0 Å². The molecule has 4 nitrogen and oxygen atoms in total. The Morgan fingerprint density at radius 1 is 1.29 bits per heavy atom. The van der Waals surface area contributed by atoms with Gasteiger partial charge >= 0.3 is 0 Å². The van der Waals surface area contributed by atoms with Crippen LogP contribution >= 0.6 is 11.6 Å². The van der Waals surface area contributed by atoms with E-state index in [1.165, 1.54) is 12.8 Å². The van der Waals surface area contributed by atoms with Crippen LogP contribution in [0.4, 0.5) is 0 Å². The van der Waals surface area contributed by atoms with Crippen molar-refractivity contribution in [1.29, 1.82) is 0 Å². The van der Waals surface area contributed by atoms with Gasteiger partial charge < -0.3 is 9.84 Å². The highest BCUT2D eigenvalue weighted by Crippen LogP contribution is 2.33. The van der Waals surface area contributed by atoms with Crippen molar-refractivity contribution in [2.45, 2.75) is 44.6 Å². The van der Waals surface area contributed by atoms with Gasteiger partial charge in [0.25, 0.3) is 0 Å². The molecule has 3 rings (SSSR count). The summed E-state index contributed by atoms with van der Waals surface area (Å²) in [4.78, 5) is 4.56. The minimum Gasteiger partial charge on any atom is -0.339 e. The van der Waals surface area contributed by atoms with Gasteiger partial charge in [-0.1, -0.05) is 35.8 Å². The summed E-state index contributed by atoms with van der Waals surface area (Å²) >= 11 is 6.00. The molecule has 1 aromatic heterocycles. The summed E-state index contributed by atoms with van der Waals surface area (Å²) in [5.74, 6) is 1.78. The fraction of sp³-hybridized carbons (Fsp3) is 0.500. The van der Waals surface area contributed by atoms with Crippen molar-refractivity contribution in [2.75, 3.05) is 6.54 Å². The molecule has 1 aliphatic rings. The van der Waals surface area contributed by atoms with Crippen molar-refractivity contribution in [3.63, 3.8) is 0 Å². The smallest absolute Gasteiger partial charge is 0.230 e. The van der Waals surface area contributed by atoms with E-state index in [4.69, 9.17) is 16.1 Å². The maximum atomic E-state index is 6.00. The van der Waals surface area contributed by atoms with E-state index in [0.29, 0.717) is 22.8 Å². The predicted octanol–water partition coefficient (Wildman–Crippen LogP) is 4.03. The van der Waals surface area contributed by atoms with Crippen molar-refractivity contribution >= 4 is 11.6 Å². The Bertz CT molecular complexity index is 591. The summed E-state index contributed by atoms with van der Waals surface area (Å²) in [5, 5.41) is 8.30. The first-order chi connectivity index (χ1) is 10.3. The van der Waals surface area contributed by atoms with Crippen LogP contribution in [0.1, 0.15) is 44.4 Å². The van der Waals surface area contributed by atoms with Gasteiger partial charge in [0.15, 0.2) is 0 Å². The van der Waals surface area contributed by atoms with E-state index in [1.54, 1.807) is 0 Å². The monoisotopic (exact) mass is 305 g/mol. The van der Waals surface area contributed by atoms with Crippen LogP contribution in [0.3, 0.4) is 0 Å².